The van der Waals surface area contributed by atoms with E-state index in [9.17, 15) is 9.59 Å². The molecule has 1 aliphatic heterocycles. The topological polar surface area (TPSA) is 82.5 Å². The largest absolute Gasteiger partial charge is 0.486 e. The molecule has 8 heteroatoms. The Kier molecular flexibility index (Phi) is 4.34. The van der Waals surface area contributed by atoms with Crippen molar-refractivity contribution < 1.29 is 14.3 Å². The third-order valence-corrected chi connectivity index (χ3v) is 5.03. The van der Waals surface area contributed by atoms with Crippen molar-refractivity contribution in [3.8, 4) is 11.5 Å². The molecule has 134 valence electrons. The molecule has 4 rings (SSSR count). The number of benzene rings is 1. The smallest absolute Gasteiger partial charge is 0.262 e. The van der Waals surface area contributed by atoms with Crippen LogP contribution in [0.4, 0.5) is 0 Å². The Labute approximate surface area is 153 Å². The standard InChI is InChI=1S/C18H17N3O4S/c1-11(12-2-3-14-15(8-12)25-6-5-24-14)20-16(22)9-21-10-19-17-13(18(21)23)4-7-26-17/h2-4,7-8,10-11H,5-6,9H2,1H3,(H,20,22). The first-order valence-corrected chi connectivity index (χ1v) is 9.11. The number of hydrogen-bond acceptors (Lipinski definition) is 6. The molecule has 0 bridgehead atoms. The lowest BCUT2D eigenvalue weighted by Gasteiger charge is -2.21. The summed E-state index contributed by atoms with van der Waals surface area (Å²) < 4.78 is 12.4. The van der Waals surface area contributed by atoms with Gasteiger partial charge in [-0.1, -0.05) is 6.07 Å². The van der Waals surface area contributed by atoms with E-state index >= 15 is 0 Å². The molecule has 0 spiro atoms. The Balaban J connectivity index is 1.47. The first-order valence-electron chi connectivity index (χ1n) is 8.23. The fourth-order valence-corrected chi connectivity index (χ4v) is 3.58. The van der Waals surface area contributed by atoms with E-state index in [4.69, 9.17) is 9.47 Å². The number of hydrogen-bond donors (Lipinski definition) is 1. The molecule has 1 aliphatic rings. The summed E-state index contributed by atoms with van der Waals surface area (Å²) in [4.78, 5) is 29.6. The number of thiophene rings is 1. The Morgan fingerprint density at radius 1 is 1.31 bits per heavy atom. The van der Waals surface area contributed by atoms with Crippen LogP contribution in [0.2, 0.25) is 0 Å². The summed E-state index contributed by atoms with van der Waals surface area (Å²) in [5.41, 5.74) is 0.694. The minimum atomic E-state index is -0.258. The van der Waals surface area contributed by atoms with Crippen LogP contribution in [0.5, 0.6) is 11.5 Å². The number of rotatable bonds is 4. The van der Waals surface area contributed by atoms with Gasteiger partial charge in [0.25, 0.3) is 5.56 Å². The van der Waals surface area contributed by atoms with Crippen molar-refractivity contribution in [3.05, 3.63) is 51.9 Å². The molecule has 1 unspecified atom stereocenters. The molecule has 0 aliphatic carbocycles. The van der Waals surface area contributed by atoms with E-state index in [2.05, 4.69) is 10.3 Å². The molecule has 3 heterocycles. The summed E-state index contributed by atoms with van der Waals surface area (Å²) in [5.74, 6) is 1.13. The lowest BCUT2D eigenvalue weighted by Crippen LogP contribution is -2.33. The number of carbonyl (C=O) groups excluding carboxylic acids is 1. The van der Waals surface area contributed by atoms with E-state index in [0.29, 0.717) is 34.9 Å². The summed E-state index contributed by atoms with van der Waals surface area (Å²) in [6.07, 6.45) is 1.41. The van der Waals surface area contributed by atoms with Crippen LogP contribution in [0.15, 0.2) is 40.8 Å². The lowest BCUT2D eigenvalue weighted by atomic mass is 10.1. The summed E-state index contributed by atoms with van der Waals surface area (Å²) >= 11 is 1.40. The van der Waals surface area contributed by atoms with E-state index in [-0.39, 0.29) is 24.1 Å². The summed E-state index contributed by atoms with van der Waals surface area (Å²) in [6.45, 7) is 2.85. The monoisotopic (exact) mass is 371 g/mol. The number of ether oxygens (including phenoxy) is 2. The highest BCUT2D eigenvalue weighted by Gasteiger charge is 2.16. The van der Waals surface area contributed by atoms with Gasteiger partial charge in [0.15, 0.2) is 11.5 Å². The average Bonchev–Trinajstić information content (AvgIpc) is 3.13. The SMILES string of the molecule is CC(NC(=O)Cn1cnc2sccc2c1=O)c1ccc2c(c1)OCCO2. The highest BCUT2D eigenvalue weighted by atomic mass is 32.1. The summed E-state index contributed by atoms with van der Waals surface area (Å²) in [5, 5.41) is 5.25. The predicted molar refractivity (Wildman–Crippen MR) is 97.9 cm³/mol. The minimum absolute atomic E-state index is 0.0769. The maximum atomic E-state index is 12.4. The van der Waals surface area contributed by atoms with Crippen molar-refractivity contribution in [2.45, 2.75) is 19.5 Å². The molecule has 1 amide bonds. The Bertz CT molecular complexity index is 1030. The second-order valence-electron chi connectivity index (χ2n) is 6.01. The Morgan fingerprint density at radius 3 is 2.96 bits per heavy atom. The van der Waals surface area contributed by atoms with E-state index < -0.39 is 0 Å². The van der Waals surface area contributed by atoms with Gasteiger partial charge in [0.1, 0.15) is 24.6 Å². The average molecular weight is 371 g/mol. The lowest BCUT2D eigenvalue weighted by molar-refractivity contribution is -0.122. The molecule has 0 radical (unpaired) electrons. The molecule has 3 aromatic rings. The molecule has 7 nitrogen and oxygen atoms in total. The van der Waals surface area contributed by atoms with Crippen LogP contribution in [0, 0.1) is 0 Å². The highest BCUT2D eigenvalue weighted by Crippen LogP contribution is 2.32. The van der Waals surface area contributed by atoms with E-state index in [1.165, 1.54) is 22.2 Å². The number of carbonyl (C=O) groups is 1. The van der Waals surface area contributed by atoms with E-state index in [0.717, 1.165) is 5.56 Å². The van der Waals surface area contributed by atoms with Gasteiger partial charge in [-0.15, -0.1) is 11.3 Å². The second kappa shape index (κ2) is 6.80. The zero-order valence-corrected chi connectivity index (χ0v) is 14.9. The van der Waals surface area contributed by atoms with Gasteiger partial charge >= 0.3 is 0 Å². The zero-order chi connectivity index (χ0) is 18.1. The molecule has 1 aromatic carbocycles. The van der Waals surface area contributed by atoms with Crippen LogP contribution >= 0.6 is 11.3 Å². The van der Waals surface area contributed by atoms with Crippen molar-refractivity contribution in [2.75, 3.05) is 13.2 Å². The first-order chi connectivity index (χ1) is 12.6. The third-order valence-electron chi connectivity index (χ3n) is 4.21. The fraction of sp³-hybridized carbons (Fsp3) is 0.278. The van der Waals surface area contributed by atoms with Gasteiger partial charge in [-0.2, -0.15) is 0 Å². The molecule has 0 saturated carbocycles. The number of nitrogens with zero attached hydrogens (tertiary/aromatic N) is 2. The zero-order valence-electron chi connectivity index (χ0n) is 14.1. The van der Waals surface area contributed by atoms with Crippen molar-refractivity contribution in [2.24, 2.45) is 0 Å². The van der Waals surface area contributed by atoms with Gasteiger partial charge in [-0.25, -0.2) is 4.98 Å². The first kappa shape index (κ1) is 16.6. The molecule has 1 atom stereocenters. The second-order valence-corrected chi connectivity index (χ2v) is 6.90. The van der Waals surface area contributed by atoms with E-state index in [1.54, 1.807) is 6.07 Å². The number of nitrogens with one attached hydrogen (secondary N) is 1. The number of fused-ring (bicyclic) bond motifs is 2. The van der Waals surface area contributed by atoms with Gasteiger partial charge in [-0.3, -0.25) is 14.2 Å². The van der Waals surface area contributed by atoms with Crippen LogP contribution in [-0.4, -0.2) is 28.7 Å². The molecule has 0 saturated heterocycles. The molecular weight excluding hydrogens is 354 g/mol. The quantitative estimate of drug-likeness (QED) is 0.760. The molecule has 26 heavy (non-hydrogen) atoms. The predicted octanol–water partition coefficient (Wildman–Crippen LogP) is 2.11. The highest BCUT2D eigenvalue weighted by molar-refractivity contribution is 7.16. The summed E-state index contributed by atoms with van der Waals surface area (Å²) in [7, 11) is 0. The van der Waals surface area contributed by atoms with Crippen LogP contribution in [0.1, 0.15) is 18.5 Å². The Morgan fingerprint density at radius 2 is 2.12 bits per heavy atom. The van der Waals surface area contributed by atoms with Crippen LogP contribution in [0.3, 0.4) is 0 Å². The Hall–Kier alpha value is -2.87. The van der Waals surface area contributed by atoms with Crippen molar-refractivity contribution in [3.63, 3.8) is 0 Å². The maximum Gasteiger partial charge on any atom is 0.262 e. The third kappa shape index (κ3) is 3.15. The van der Waals surface area contributed by atoms with E-state index in [1.807, 2.05) is 30.5 Å². The minimum Gasteiger partial charge on any atom is -0.486 e. The molecule has 0 fully saturated rings. The normalized spacial score (nSPS) is 14.2. The summed E-state index contributed by atoms with van der Waals surface area (Å²) in [6, 6.07) is 7.09. The molecule has 2 aromatic heterocycles. The molecule has 1 N–H and O–H groups in total. The van der Waals surface area contributed by atoms with Gasteiger partial charge < -0.3 is 14.8 Å². The molecular formula is C18H17N3O4S. The number of aromatic nitrogens is 2. The van der Waals surface area contributed by atoms with Crippen LogP contribution < -0.4 is 20.3 Å². The van der Waals surface area contributed by atoms with Gasteiger partial charge in [-0.05, 0) is 36.1 Å². The van der Waals surface area contributed by atoms with Crippen LogP contribution in [-0.2, 0) is 11.3 Å². The van der Waals surface area contributed by atoms with Crippen LogP contribution in [0.25, 0.3) is 10.2 Å². The van der Waals surface area contributed by atoms with Crippen molar-refractivity contribution in [1.29, 1.82) is 0 Å². The van der Waals surface area contributed by atoms with Gasteiger partial charge in [0.2, 0.25) is 5.91 Å². The number of amides is 1. The van der Waals surface area contributed by atoms with Gasteiger partial charge in [0.05, 0.1) is 17.8 Å². The van der Waals surface area contributed by atoms with Gasteiger partial charge in [0, 0.05) is 0 Å². The van der Waals surface area contributed by atoms with Crippen molar-refractivity contribution in [1.82, 2.24) is 14.9 Å². The fourth-order valence-electron chi connectivity index (χ4n) is 2.86. The maximum absolute atomic E-state index is 12.4. The van der Waals surface area contributed by atoms with Crippen molar-refractivity contribution >= 4 is 27.5 Å².